The number of nitrogens with one attached hydrogen (secondary N) is 3. The van der Waals surface area contributed by atoms with E-state index >= 15 is 0 Å². The predicted octanol–water partition coefficient (Wildman–Crippen LogP) is 9.73. The molecule has 0 fully saturated rings. The van der Waals surface area contributed by atoms with Gasteiger partial charge in [0.05, 0.1) is 22.9 Å². The van der Waals surface area contributed by atoms with Crippen LogP contribution in [0.3, 0.4) is 0 Å². The van der Waals surface area contributed by atoms with Crippen molar-refractivity contribution in [2.75, 3.05) is 11.9 Å². The van der Waals surface area contributed by atoms with E-state index in [-0.39, 0.29) is 12.2 Å². The minimum Gasteiger partial charge on any atom is -0.381 e. The van der Waals surface area contributed by atoms with Crippen LogP contribution in [0.15, 0.2) is 185 Å². The fourth-order valence-corrected chi connectivity index (χ4v) is 7.54. The molecule has 0 bridgehead atoms. The van der Waals surface area contributed by atoms with Crippen molar-refractivity contribution in [3.63, 3.8) is 0 Å². The Morgan fingerprint density at radius 1 is 0.630 bits per heavy atom. The summed E-state index contributed by atoms with van der Waals surface area (Å²) in [4.78, 5) is 15.2. The van der Waals surface area contributed by atoms with Crippen LogP contribution < -0.4 is 16.0 Å². The monoisotopic (exact) mass is 696 g/mol. The Labute approximate surface area is 314 Å². The third kappa shape index (κ3) is 6.03. The van der Waals surface area contributed by atoms with Gasteiger partial charge in [-0.3, -0.25) is 0 Å². The minimum absolute atomic E-state index is 0.0306. The second-order valence-electron chi connectivity index (χ2n) is 13.8. The Balaban J connectivity index is 0.927. The average molecular weight is 697 g/mol. The van der Waals surface area contributed by atoms with Crippen LogP contribution in [0.25, 0.3) is 39.5 Å². The van der Waals surface area contributed by atoms with Gasteiger partial charge in [0, 0.05) is 34.3 Å². The molecule has 1 aliphatic carbocycles. The molecule has 0 saturated heterocycles. The number of anilines is 1. The largest absolute Gasteiger partial charge is 0.381 e. The second-order valence-corrected chi connectivity index (χ2v) is 13.8. The zero-order valence-electron chi connectivity index (χ0n) is 29.4. The molecule has 3 aliphatic heterocycles. The number of amidine groups is 2. The Bertz CT molecular complexity index is 2660. The summed E-state index contributed by atoms with van der Waals surface area (Å²) < 4.78 is 0. The van der Waals surface area contributed by atoms with E-state index in [1.165, 1.54) is 11.1 Å². The van der Waals surface area contributed by atoms with Crippen LogP contribution in [-0.4, -0.2) is 29.2 Å². The van der Waals surface area contributed by atoms with Crippen LogP contribution in [-0.2, 0) is 0 Å². The normalized spacial score (nSPS) is 18.4. The lowest BCUT2D eigenvalue weighted by Crippen LogP contribution is -2.33. The highest BCUT2D eigenvalue weighted by Gasteiger charge is 2.23. The smallest absolute Gasteiger partial charge is 0.159 e. The molecule has 54 heavy (non-hydrogen) atoms. The van der Waals surface area contributed by atoms with Gasteiger partial charge in [-0.05, 0) is 57.7 Å². The third-order valence-corrected chi connectivity index (χ3v) is 10.3. The summed E-state index contributed by atoms with van der Waals surface area (Å²) in [5.41, 5.74) is 14.2. The van der Waals surface area contributed by atoms with Gasteiger partial charge in [-0.15, -0.1) is 0 Å². The number of aliphatic imine (C=N–C) groups is 2. The summed E-state index contributed by atoms with van der Waals surface area (Å²) in [7, 11) is 0. The first-order valence-corrected chi connectivity index (χ1v) is 18.4. The fourth-order valence-electron chi connectivity index (χ4n) is 7.54. The SMILES string of the molecule is C1=Cc2cccc(-c3ccc4ccc(C5=CC=C6C=CC(c7cccc(C8=NC(c9ccccc9)=NC(c9ccccc9)N8)c7)=CC6N5)cc4n3)c2NC1. The van der Waals surface area contributed by atoms with Gasteiger partial charge in [0.1, 0.15) is 12.0 Å². The maximum atomic E-state index is 5.15. The highest BCUT2D eigenvalue weighted by atomic mass is 15.2. The lowest BCUT2D eigenvalue weighted by molar-refractivity contribution is 0.674. The van der Waals surface area contributed by atoms with Crippen LogP contribution in [0.1, 0.15) is 39.5 Å². The summed E-state index contributed by atoms with van der Waals surface area (Å²) in [6.45, 7) is 0.821. The second kappa shape index (κ2) is 13.5. The van der Waals surface area contributed by atoms with Gasteiger partial charge in [-0.2, -0.15) is 0 Å². The van der Waals surface area contributed by atoms with Crippen molar-refractivity contribution in [2.45, 2.75) is 12.2 Å². The molecular formula is C48H36N6. The van der Waals surface area contributed by atoms with Gasteiger partial charge in [-0.1, -0.05) is 152 Å². The van der Waals surface area contributed by atoms with Crippen molar-refractivity contribution >= 4 is 45.6 Å². The van der Waals surface area contributed by atoms with Crippen molar-refractivity contribution in [3.05, 3.63) is 209 Å². The van der Waals surface area contributed by atoms with E-state index < -0.39 is 0 Å². The zero-order chi connectivity index (χ0) is 35.8. The van der Waals surface area contributed by atoms with E-state index in [0.29, 0.717) is 0 Å². The maximum absolute atomic E-state index is 5.15. The topological polar surface area (TPSA) is 73.7 Å². The summed E-state index contributed by atoms with van der Waals surface area (Å²) >= 11 is 0. The summed E-state index contributed by atoms with van der Waals surface area (Å²) in [5.74, 6) is 1.52. The Kier molecular flexibility index (Phi) is 7.91. The quantitative estimate of drug-likeness (QED) is 0.162. The molecule has 6 aromatic rings. The molecule has 6 nitrogen and oxygen atoms in total. The van der Waals surface area contributed by atoms with Crippen LogP contribution in [0, 0.1) is 0 Å². The number of allylic oxidation sites excluding steroid dienone is 4. The molecule has 10 rings (SSSR count). The molecule has 1 aromatic heterocycles. The van der Waals surface area contributed by atoms with Gasteiger partial charge >= 0.3 is 0 Å². The summed E-state index contributed by atoms with van der Waals surface area (Å²) in [6, 6.07) is 46.4. The molecule has 3 N–H and O–H groups in total. The molecule has 0 saturated carbocycles. The highest BCUT2D eigenvalue weighted by molar-refractivity contribution is 6.13. The number of pyridine rings is 1. The number of hydrogen-bond donors (Lipinski definition) is 3. The van der Waals surface area contributed by atoms with Gasteiger partial charge < -0.3 is 16.0 Å². The van der Waals surface area contributed by atoms with Crippen molar-refractivity contribution < 1.29 is 0 Å². The van der Waals surface area contributed by atoms with Crippen molar-refractivity contribution in [1.29, 1.82) is 0 Å². The molecule has 6 heteroatoms. The number of fused-ring (bicyclic) bond motifs is 3. The Hall–Kier alpha value is -7.05. The number of aromatic nitrogens is 1. The van der Waals surface area contributed by atoms with E-state index in [1.807, 2.05) is 36.4 Å². The maximum Gasteiger partial charge on any atom is 0.159 e. The molecule has 4 heterocycles. The van der Waals surface area contributed by atoms with Gasteiger partial charge in [0.25, 0.3) is 0 Å². The number of nitrogens with zero attached hydrogens (tertiary/aromatic N) is 3. The first-order chi connectivity index (χ1) is 26.7. The first-order valence-electron chi connectivity index (χ1n) is 18.4. The van der Waals surface area contributed by atoms with Crippen LogP contribution in [0.2, 0.25) is 0 Å². The number of benzene rings is 5. The number of hydrogen-bond acceptors (Lipinski definition) is 6. The highest BCUT2D eigenvalue weighted by Crippen LogP contribution is 2.35. The molecule has 2 atom stereocenters. The fraction of sp³-hybridized carbons (Fsp3) is 0.0625. The third-order valence-electron chi connectivity index (χ3n) is 10.3. The van der Waals surface area contributed by atoms with E-state index in [9.17, 15) is 0 Å². The molecule has 4 aliphatic rings. The van der Waals surface area contributed by atoms with E-state index in [2.05, 4.69) is 156 Å². The molecule has 5 aromatic carbocycles. The zero-order valence-corrected chi connectivity index (χ0v) is 29.4. The van der Waals surface area contributed by atoms with E-state index in [1.54, 1.807) is 0 Å². The Morgan fingerprint density at radius 3 is 2.35 bits per heavy atom. The van der Waals surface area contributed by atoms with Crippen molar-refractivity contribution in [1.82, 2.24) is 15.6 Å². The first kappa shape index (κ1) is 31.7. The summed E-state index contributed by atoms with van der Waals surface area (Å²) in [5, 5.41) is 12.1. The number of dihydropyridines is 1. The van der Waals surface area contributed by atoms with Gasteiger partial charge in [-0.25, -0.2) is 15.0 Å². The molecule has 0 amide bonds. The standard InChI is InChI=1S/C48H36N6/c1-3-10-34(11-4-1)46-52-47(35-12-5-2-6-13-35)54-48(53-46)39-16-7-15-36(28-39)37-21-19-31-23-25-41(50-43(31)29-37)38-22-20-32-24-26-42(51-44(32)30-38)40-18-8-14-33-17-9-27-49-45(33)40/h1-26,28-30,43,46,49-50H,27H2,(H,52,53,54). The summed E-state index contributed by atoms with van der Waals surface area (Å²) in [6.07, 6.45) is 15.2. The lowest BCUT2D eigenvalue weighted by Gasteiger charge is -2.27. The van der Waals surface area contributed by atoms with Crippen LogP contribution in [0.4, 0.5) is 5.69 Å². The van der Waals surface area contributed by atoms with E-state index in [0.717, 1.165) is 85.2 Å². The van der Waals surface area contributed by atoms with Crippen LogP contribution >= 0.6 is 0 Å². The lowest BCUT2D eigenvalue weighted by atomic mass is 9.90. The minimum atomic E-state index is -0.245. The van der Waals surface area contributed by atoms with Crippen molar-refractivity contribution in [3.8, 4) is 11.3 Å². The van der Waals surface area contributed by atoms with Gasteiger partial charge in [0.2, 0.25) is 0 Å². The molecule has 2 unspecified atom stereocenters. The number of rotatable bonds is 6. The van der Waals surface area contributed by atoms with Gasteiger partial charge in [0.15, 0.2) is 5.84 Å². The van der Waals surface area contributed by atoms with Crippen LogP contribution in [0.5, 0.6) is 0 Å². The van der Waals surface area contributed by atoms with E-state index in [4.69, 9.17) is 15.0 Å². The Morgan fingerprint density at radius 2 is 1.44 bits per heavy atom. The predicted molar refractivity (Wildman–Crippen MR) is 223 cm³/mol. The average Bonchev–Trinajstić information content (AvgIpc) is 3.26. The molecular weight excluding hydrogens is 661 g/mol. The molecule has 0 radical (unpaired) electrons. The van der Waals surface area contributed by atoms with Crippen molar-refractivity contribution in [2.24, 2.45) is 9.98 Å². The number of para-hydroxylation sites is 1. The molecule has 0 spiro atoms. The molecule has 258 valence electrons.